The molecule has 5 nitrogen and oxygen atoms in total. The van der Waals surface area contributed by atoms with Crippen LogP contribution in [-0.4, -0.2) is 36.3 Å². The first kappa shape index (κ1) is 18.9. The second-order valence-corrected chi connectivity index (χ2v) is 6.08. The molecule has 0 saturated heterocycles. The molecule has 0 aliphatic carbocycles. The average molecular weight is 364 g/mol. The lowest BCUT2D eigenvalue weighted by molar-refractivity contribution is -0.122. The predicted molar refractivity (Wildman–Crippen MR) is 97.2 cm³/mol. The molecule has 0 fully saturated rings. The lowest BCUT2D eigenvalue weighted by atomic mass is 10.2. The van der Waals surface area contributed by atoms with Crippen LogP contribution in [0.25, 0.3) is 0 Å². The molecule has 0 saturated carbocycles. The molecule has 2 amide bonds. The second kappa shape index (κ2) is 8.60. The van der Waals surface area contributed by atoms with E-state index in [1.165, 1.54) is 24.3 Å². The van der Waals surface area contributed by atoms with Gasteiger partial charge in [0.15, 0.2) is 0 Å². The zero-order valence-corrected chi connectivity index (χ0v) is 14.7. The molecule has 0 bridgehead atoms. The molecule has 0 unspecified atom stereocenters. The van der Waals surface area contributed by atoms with Crippen molar-refractivity contribution in [2.75, 3.05) is 24.2 Å². The van der Waals surface area contributed by atoms with Crippen LogP contribution in [0.15, 0.2) is 48.5 Å². The molecule has 0 spiro atoms. The predicted octanol–water partition coefficient (Wildman–Crippen LogP) is 3.38. The monoisotopic (exact) mass is 363 g/mol. The van der Waals surface area contributed by atoms with Gasteiger partial charge in [-0.1, -0.05) is 17.7 Å². The number of amides is 2. The van der Waals surface area contributed by atoms with E-state index in [1.54, 1.807) is 43.1 Å². The summed E-state index contributed by atoms with van der Waals surface area (Å²) in [7, 11) is 1.67. The van der Waals surface area contributed by atoms with E-state index in [1.807, 2.05) is 0 Å². The number of nitrogens with zero attached hydrogens (tertiary/aromatic N) is 1. The molecule has 2 aromatic carbocycles. The van der Waals surface area contributed by atoms with Gasteiger partial charge in [0.1, 0.15) is 5.82 Å². The van der Waals surface area contributed by atoms with Gasteiger partial charge in [0.05, 0.1) is 12.6 Å². The van der Waals surface area contributed by atoms with Gasteiger partial charge in [0.2, 0.25) is 11.8 Å². The molecule has 1 atom stereocenters. The molecular weight excluding hydrogens is 345 g/mol. The van der Waals surface area contributed by atoms with Gasteiger partial charge in [0.25, 0.3) is 0 Å². The lowest BCUT2D eigenvalue weighted by Crippen LogP contribution is -2.43. The fourth-order valence-electron chi connectivity index (χ4n) is 2.11. The lowest BCUT2D eigenvalue weighted by Gasteiger charge is -2.23. The Bertz CT molecular complexity index is 752. The minimum Gasteiger partial charge on any atom is -0.325 e. The Labute approximate surface area is 150 Å². The van der Waals surface area contributed by atoms with Gasteiger partial charge in [-0.05, 0) is 56.4 Å². The third-order valence-electron chi connectivity index (χ3n) is 3.65. The molecule has 0 aliphatic heterocycles. The molecule has 7 heteroatoms. The topological polar surface area (TPSA) is 61.4 Å². The van der Waals surface area contributed by atoms with Crippen LogP contribution in [0, 0.1) is 5.82 Å². The van der Waals surface area contributed by atoms with Crippen molar-refractivity contribution in [2.24, 2.45) is 0 Å². The Morgan fingerprint density at radius 2 is 1.80 bits per heavy atom. The van der Waals surface area contributed by atoms with E-state index < -0.39 is 6.04 Å². The van der Waals surface area contributed by atoms with Crippen molar-refractivity contribution in [2.45, 2.75) is 13.0 Å². The molecular formula is C18H19ClFN3O2. The molecule has 25 heavy (non-hydrogen) atoms. The molecule has 2 N–H and O–H groups in total. The number of halogens is 2. The fraction of sp³-hybridized carbons (Fsp3) is 0.222. The van der Waals surface area contributed by atoms with Crippen LogP contribution < -0.4 is 10.6 Å². The van der Waals surface area contributed by atoms with Crippen LogP contribution in [0.5, 0.6) is 0 Å². The summed E-state index contributed by atoms with van der Waals surface area (Å²) in [4.78, 5) is 25.9. The summed E-state index contributed by atoms with van der Waals surface area (Å²) in [5.41, 5.74) is 1.09. The Morgan fingerprint density at radius 1 is 1.12 bits per heavy atom. The zero-order chi connectivity index (χ0) is 18.4. The van der Waals surface area contributed by atoms with E-state index in [-0.39, 0.29) is 24.2 Å². The summed E-state index contributed by atoms with van der Waals surface area (Å²) in [5.74, 6) is -0.919. The van der Waals surface area contributed by atoms with Crippen LogP contribution in [0.2, 0.25) is 5.02 Å². The Balaban J connectivity index is 1.88. The second-order valence-electron chi connectivity index (χ2n) is 5.65. The number of carbonyl (C=O) groups excluding carboxylic acids is 2. The minimum absolute atomic E-state index is 0.0154. The maximum atomic E-state index is 12.9. The molecule has 0 aliphatic rings. The summed E-state index contributed by atoms with van der Waals surface area (Å²) in [6.07, 6.45) is 0. The highest BCUT2D eigenvalue weighted by molar-refractivity contribution is 6.30. The standard InChI is InChI=1S/C18H19ClFN3O2/c1-12(18(25)22-16-5-3-4-13(19)10-16)23(2)11-17(24)21-15-8-6-14(20)7-9-15/h3-10,12H,11H2,1-2H3,(H,21,24)(H,22,25)/t12-/m0/s1. The van der Waals surface area contributed by atoms with Crippen molar-refractivity contribution in [1.29, 1.82) is 0 Å². The first-order valence-electron chi connectivity index (χ1n) is 7.67. The average Bonchev–Trinajstić information content (AvgIpc) is 2.56. The number of nitrogens with one attached hydrogen (secondary N) is 2. The van der Waals surface area contributed by atoms with Gasteiger partial charge in [-0.25, -0.2) is 4.39 Å². The summed E-state index contributed by atoms with van der Waals surface area (Å²) >= 11 is 5.89. The largest absolute Gasteiger partial charge is 0.325 e. The SMILES string of the molecule is C[C@@H](C(=O)Nc1cccc(Cl)c1)N(C)CC(=O)Nc1ccc(F)cc1. The molecule has 0 radical (unpaired) electrons. The van der Waals surface area contributed by atoms with Gasteiger partial charge in [-0.2, -0.15) is 0 Å². The maximum Gasteiger partial charge on any atom is 0.241 e. The highest BCUT2D eigenvalue weighted by atomic mass is 35.5. The van der Waals surface area contributed by atoms with E-state index in [9.17, 15) is 14.0 Å². The molecule has 0 aromatic heterocycles. The van der Waals surface area contributed by atoms with Gasteiger partial charge in [-0.3, -0.25) is 14.5 Å². The number of hydrogen-bond donors (Lipinski definition) is 2. The number of anilines is 2. The van der Waals surface area contributed by atoms with Crippen LogP contribution in [0.4, 0.5) is 15.8 Å². The van der Waals surface area contributed by atoms with Crippen molar-refractivity contribution >= 4 is 34.8 Å². The van der Waals surface area contributed by atoms with Crippen molar-refractivity contribution in [3.8, 4) is 0 Å². The maximum absolute atomic E-state index is 12.9. The van der Waals surface area contributed by atoms with Crippen molar-refractivity contribution in [3.63, 3.8) is 0 Å². The number of hydrogen-bond acceptors (Lipinski definition) is 3. The molecule has 2 rings (SSSR count). The van der Waals surface area contributed by atoms with Crippen molar-refractivity contribution in [3.05, 3.63) is 59.4 Å². The number of carbonyl (C=O) groups is 2. The van der Waals surface area contributed by atoms with Crippen molar-refractivity contribution < 1.29 is 14.0 Å². The summed E-state index contributed by atoms with van der Waals surface area (Å²) < 4.78 is 12.9. The van der Waals surface area contributed by atoms with Crippen LogP contribution in [0.1, 0.15) is 6.92 Å². The summed E-state index contributed by atoms with van der Waals surface area (Å²) in [5, 5.41) is 5.93. The third-order valence-corrected chi connectivity index (χ3v) is 3.89. The number of benzene rings is 2. The van der Waals surface area contributed by atoms with E-state index in [0.29, 0.717) is 16.4 Å². The molecule has 0 heterocycles. The Morgan fingerprint density at radius 3 is 2.44 bits per heavy atom. The van der Waals surface area contributed by atoms with Crippen molar-refractivity contribution in [1.82, 2.24) is 4.90 Å². The van der Waals surface area contributed by atoms with Crippen LogP contribution in [0.3, 0.4) is 0 Å². The van der Waals surface area contributed by atoms with E-state index in [4.69, 9.17) is 11.6 Å². The van der Waals surface area contributed by atoms with Crippen LogP contribution in [-0.2, 0) is 9.59 Å². The third kappa shape index (κ3) is 5.85. The molecule has 2 aromatic rings. The molecule has 132 valence electrons. The Hall–Kier alpha value is -2.44. The fourth-order valence-corrected chi connectivity index (χ4v) is 2.30. The number of rotatable bonds is 6. The summed E-state index contributed by atoms with van der Waals surface area (Å²) in [6.45, 7) is 1.71. The van der Waals surface area contributed by atoms with Gasteiger partial charge < -0.3 is 10.6 Å². The quantitative estimate of drug-likeness (QED) is 0.827. The highest BCUT2D eigenvalue weighted by Gasteiger charge is 2.20. The van der Waals surface area contributed by atoms with E-state index in [2.05, 4.69) is 10.6 Å². The highest BCUT2D eigenvalue weighted by Crippen LogP contribution is 2.15. The first-order valence-corrected chi connectivity index (χ1v) is 8.05. The smallest absolute Gasteiger partial charge is 0.241 e. The van der Waals surface area contributed by atoms with Crippen LogP contribution >= 0.6 is 11.6 Å². The van der Waals surface area contributed by atoms with Gasteiger partial charge in [-0.15, -0.1) is 0 Å². The summed E-state index contributed by atoms with van der Waals surface area (Å²) in [6, 6.07) is 11.8. The number of likely N-dealkylation sites (N-methyl/N-ethyl adjacent to an activating group) is 1. The van der Waals surface area contributed by atoms with E-state index in [0.717, 1.165) is 0 Å². The van der Waals surface area contributed by atoms with Gasteiger partial charge in [0, 0.05) is 16.4 Å². The normalized spacial score (nSPS) is 11.9. The van der Waals surface area contributed by atoms with E-state index >= 15 is 0 Å². The van der Waals surface area contributed by atoms with Gasteiger partial charge >= 0.3 is 0 Å². The zero-order valence-electron chi connectivity index (χ0n) is 13.9. The minimum atomic E-state index is -0.530. The first-order chi connectivity index (χ1) is 11.8. The Kier molecular flexibility index (Phi) is 6.50.